The minimum Gasteiger partial charge on any atom is -0.381 e. The number of hydrogen-bond acceptors (Lipinski definition) is 3. The molecule has 0 radical (unpaired) electrons. The van der Waals surface area contributed by atoms with Gasteiger partial charge in [0.05, 0.1) is 13.2 Å². The van der Waals surface area contributed by atoms with Crippen LogP contribution in [0, 0.1) is 11.7 Å². The Morgan fingerprint density at radius 2 is 2.16 bits per heavy atom. The average molecular weight is 267 g/mol. The van der Waals surface area contributed by atoms with Gasteiger partial charge < -0.3 is 14.8 Å². The normalized spacial score (nSPS) is 16.7. The minimum absolute atomic E-state index is 0.188. The van der Waals surface area contributed by atoms with Crippen LogP contribution in [-0.4, -0.2) is 26.9 Å². The van der Waals surface area contributed by atoms with Crippen LogP contribution in [0.25, 0.3) is 0 Å². The third-order valence-electron chi connectivity index (χ3n) is 3.44. The second kappa shape index (κ2) is 7.58. The molecule has 1 aliphatic rings. The Bertz CT molecular complexity index is 392. The van der Waals surface area contributed by atoms with Crippen LogP contribution in [0.5, 0.6) is 0 Å². The number of rotatable bonds is 6. The number of hydrogen-bond donors (Lipinski definition) is 1. The summed E-state index contributed by atoms with van der Waals surface area (Å²) in [4.78, 5) is 0. The molecule has 19 heavy (non-hydrogen) atoms. The number of halogens is 1. The van der Waals surface area contributed by atoms with Gasteiger partial charge in [0.1, 0.15) is 5.82 Å². The van der Waals surface area contributed by atoms with Gasteiger partial charge in [0, 0.05) is 25.3 Å². The van der Waals surface area contributed by atoms with Gasteiger partial charge in [-0.1, -0.05) is 6.07 Å². The van der Waals surface area contributed by atoms with Gasteiger partial charge in [-0.25, -0.2) is 4.39 Å². The fourth-order valence-corrected chi connectivity index (χ4v) is 2.30. The number of nitrogens with one attached hydrogen (secondary N) is 1. The first-order valence-electron chi connectivity index (χ1n) is 6.87. The molecule has 1 heterocycles. The van der Waals surface area contributed by atoms with Crippen LogP contribution < -0.4 is 5.32 Å². The second-order valence-corrected chi connectivity index (χ2v) is 5.03. The van der Waals surface area contributed by atoms with Gasteiger partial charge in [-0.2, -0.15) is 0 Å². The van der Waals surface area contributed by atoms with E-state index in [1.54, 1.807) is 6.07 Å². The Balaban J connectivity index is 1.82. The van der Waals surface area contributed by atoms with Gasteiger partial charge in [0.15, 0.2) is 0 Å². The molecule has 1 N–H and O–H groups in total. The van der Waals surface area contributed by atoms with E-state index in [1.165, 1.54) is 6.07 Å². The molecule has 0 unspecified atom stereocenters. The molecular weight excluding hydrogens is 245 g/mol. The predicted molar refractivity (Wildman–Crippen MR) is 72.4 cm³/mol. The quantitative estimate of drug-likeness (QED) is 0.859. The molecule has 1 aromatic carbocycles. The van der Waals surface area contributed by atoms with Crippen molar-refractivity contribution in [2.75, 3.05) is 26.9 Å². The van der Waals surface area contributed by atoms with Crippen molar-refractivity contribution in [1.29, 1.82) is 0 Å². The van der Waals surface area contributed by atoms with Crippen molar-refractivity contribution in [3.8, 4) is 0 Å². The van der Waals surface area contributed by atoms with E-state index in [2.05, 4.69) is 5.32 Å². The molecule has 4 heteroatoms. The van der Waals surface area contributed by atoms with Crippen LogP contribution >= 0.6 is 0 Å². The van der Waals surface area contributed by atoms with Gasteiger partial charge in [0.25, 0.3) is 0 Å². The smallest absolute Gasteiger partial charge is 0.128 e. The van der Waals surface area contributed by atoms with E-state index in [-0.39, 0.29) is 5.82 Å². The standard InChI is InChI=1S/C15H22FNO2/c1-17-9-13-2-3-15(16)14(8-13)11-19-10-12-4-6-18-7-5-12/h2-3,8,12,17H,4-7,9-11H2,1H3. The molecule has 0 spiro atoms. The maximum absolute atomic E-state index is 13.7. The molecule has 3 nitrogen and oxygen atoms in total. The van der Waals surface area contributed by atoms with Crippen LogP contribution in [0.2, 0.25) is 0 Å². The van der Waals surface area contributed by atoms with Crippen molar-refractivity contribution >= 4 is 0 Å². The first-order chi connectivity index (χ1) is 9.29. The van der Waals surface area contributed by atoms with Gasteiger partial charge >= 0.3 is 0 Å². The van der Waals surface area contributed by atoms with Crippen molar-refractivity contribution < 1.29 is 13.9 Å². The van der Waals surface area contributed by atoms with Gasteiger partial charge in [0.2, 0.25) is 0 Å². The average Bonchev–Trinajstić information content (AvgIpc) is 2.44. The van der Waals surface area contributed by atoms with Gasteiger partial charge in [-0.05, 0) is 43.5 Å². The molecule has 0 aromatic heterocycles. The van der Waals surface area contributed by atoms with E-state index in [0.29, 0.717) is 24.7 Å². The number of ether oxygens (including phenoxy) is 2. The fourth-order valence-electron chi connectivity index (χ4n) is 2.30. The highest BCUT2D eigenvalue weighted by Gasteiger charge is 2.14. The van der Waals surface area contributed by atoms with E-state index >= 15 is 0 Å². The van der Waals surface area contributed by atoms with Crippen molar-refractivity contribution in [2.45, 2.75) is 26.0 Å². The minimum atomic E-state index is -0.188. The highest BCUT2D eigenvalue weighted by molar-refractivity contribution is 5.24. The summed E-state index contributed by atoms with van der Waals surface area (Å²) in [7, 11) is 1.88. The summed E-state index contributed by atoms with van der Waals surface area (Å²) in [5, 5.41) is 3.06. The lowest BCUT2D eigenvalue weighted by molar-refractivity contribution is 0.0151. The van der Waals surface area contributed by atoms with Gasteiger partial charge in [-0.3, -0.25) is 0 Å². The van der Waals surface area contributed by atoms with E-state index < -0.39 is 0 Å². The predicted octanol–water partition coefficient (Wildman–Crippen LogP) is 2.49. The third-order valence-corrected chi connectivity index (χ3v) is 3.44. The Hall–Kier alpha value is -0.970. The van der Waals surface area contributed by atoms with Crippen molar-refractivity contribution in [3.05, 3.63) is 35.1 Å². The molecule has 2 rings (SSSR count). The molecule has 0 aliphatic carbocycles. The van der Waals surface area contributed by atoms with Crippen LogP contribution in [-0.2, 0) is 22.6 Å². The fraction of sp³-hybridized carbons (Fsp3) is 0.600. The Morgan fingerprint density at radius 1 is 1.37 bits per heavy atom. The summed E-state index contributed by atoms with van der Waals surface area (Å²) in [6, 6.07) is 5.18. The maximum Gasteiger partial charge on any atom is 0.128 e. The lowest BCUT2D eigenvalue weighted by Crippen LogP contribution is -2.20. The monoisotopic (exact) mass is 267 g/mol. The number of benzene rings is 1. The lowest BCUT2D eigenvalue weighted by Gasteiger charge is -2.21. The summed E-state index contributed by atoms with van der Waals surface area (Å²) in [6.45, 7) is 3.42. The zero-order chi connectivity index (χ0) is 13.5. The first kappa shape index (κ1) is 14.4. The maximum atomic E-state index is 13.7. The molecule has 1 aliphatic heterocycles. The molecule has 1 saturated heterocycles. The third kappa shape index (κ3) is 4.56. The molecule has 1 fully saturated rings. The Kier molecular flexibility index (Phi) is 5.76. The van der Waals surface area contributed by atoms with Crippen molar-refractivity contribution in [2.24, 2.45) is 5.92 Å². The Labute approximate surface area is 114 Å². The first-order valence-corrected chi connectivity index (χ1v) is 6.87. The molecule has 0 amide bonds. The summed E-state index contributed by atoms with van der Waals surface area (Å²) < 4.78 is 24.6. The topological polar surface area (TPSA) is 30.5 Å². The zero-order valence-corrected chi connectivity index (χ0v) is 11.5. The van der Waals surface area contributed by atoms with E-state index in [4.69, 9.17) is 9.47 Å². The van der Waals surface area contributed by atoms with Crippen LogP contribution in [0.15, 0.2) is 18.2 Å². The van der Waals surface area contributed by atoms with Gasteiger partial charge in [-0.15, -0.1) is 0 Å². The van der Waals surface area contributed by atoms with Crippen LogP contribution in [0.4, 0.5) is 4.39 Å². The van der Waals surface area contributed by atoms with E-state index in [9.17, 15) is 4.39 Å². The Morgan fingerprint density at radius 3 is 2.89 bits per heavy atom. The molecular formula is C15H22FNO2. The zero-order valence-electron chi connectivity index (χ0n) is 11.5. The molecule has 106 valence electrons. The van der Waals surface area contributed by atoms with Crippen molar-refractivity contribution in [1.82, 2.24) is 5.32 Å². The molecule has 0 atom stereocenters. The molecule has 0 bridgehead atoms. The molecule has 0 saturated carbocycles. The van der Waals surface area contributed by atoms with Crippen LogP contribution in [0.1, 0.15) is 24.0 Å². The SMILES string of the molecule is CNCc1ccc(F)c(COCC2CCOCC2)c1. The lowest BCUT2D eigenvalue weighted by atomic mass is 10.0. The van der Waals surface area contributed by atoms with E-state index in [0.717, 1.165) is 38.2 Å². The largest absolute Gasteiger partial charge is 0.381 e. The van der Waals surface area contributed by atoms with Crippen LogP contribution in [0.3, 0.4) is 0 Å². The summed E-state index contributed by atoms with van der Waals surface area (Å²) in [5.74, 6) is 0.365. The highest BCUT2D eigenvalue weighted by Crippen LogP contribution is 2.17. The molecule has 1 aromatic rings. The second-order valence-electron chi connectivity index (χ2n) is 5.03. The summed E-state index contributed by atoms with van der Waals surface area (Å²) in [6.07, 6.45) is 2.09. The summed E-state index contributed by atoms with van der Waals surface area (Å²) >= 11 is 0. The van der Waals surface area contributed by atoms with E-state index in [1.807, 2.05) is 13.1 Å². The summed E-state index contributed by atoms with van der Waals surface area (Å²) in [5.41, 5.74) is 1.72. The van der Waals surface area contributed by atoms with Crippen molar-refractivity contribution in [3.63, 3.8) is 0 Å². The highest BCUT2D eigenvalue weighted by atomic mass is 19.1.